The van der Waals surface area contributed by atoms with E-state index >= 15 is 0 Å². The number of aliphatic carboxylic acids is 1. The fraction of sp³-hybridized carbons (Fsp3) is 0.867. The van der Waals surface area contributed by atoms with Gasteiger partial charge < -0.3 is 9.84 Å². The first-order valence-electron chi connectivity index (χ1n) is 14.7. The predicted octanol–water partition coefficient (Wildman–Crippen LogP) is 9.55. The fourth-order valence-corrected chi connectivity index (χ4v) is 4.27. The number of carboxylic acids is 1. The van der Waals surface area contributed by atoms with Gasteiger partial charge in [-0.1, -0.05) is 116 Å². The summed E-state index contributed by atoms with van der Waals surface area (Å²) in [5.74, 6) is -0.791. The van der Waals surface area contributed by atoms with E-state index in [0.29, 0.717) is 6.42 Å². The minimum Gasteiger partial charge on any atom is -0.481 e. The second kappa shape index (κ2) is 26.3. The van der Waals surface area contributed by atoms with Gasteiger partial charge >= 0.3 is 11.9 Å². The molecule has 0 aliphatic carbocycles. The van der Waals surface area contributed by atoms with Gasteiger partial charge in [-0.3, -0.25) is 9.59 Å². The Bertz CT molecular complexity index is 486. The van der Waals surface area contributed by atoms with Gasteiger partial charge in [0.1, 0.15) is 6.10 Å². The molecular formula is C30H56O4. The molecule has 200 valence electrons. The maximum absolute atomic E-state index is 12.4. The van der Waals surface area contributed by atoms with Crippen molar-refractivity contribution in [1.82, 2.24) is 0 Å². The monoisotopic (exact) mass is 480 g/mol. The van der Waals surface area contributed by atoms with E-state index in [-0.39, 0.29) is 18.5 Å². The average molecular weight is 481 g/mol. The molecule has 1 N–H and O–H groups in total. The summed E-state index contributed by atoms with van der Waals surface area (Å²) < 4.78 is 5.78. The maximum atomic E-state index is 12.4. The predicted molar refractivity (Wildman–Crippen MR) is 144 cm³/mol. The number of hydrogen-bond acceptors (Lipinski definition) is 3. The van der Waals surface area contributed by atoms with Crippen LogP contribution in [0.2, 0.25) is 0 Å². The maximum Gasteiger partial charge on any atom is 0.306 e. The molecule has 1 atom stereocenters. The van der Waals surface area contributed by atoms with Crippen LogP contribution in [0.4, 0.5) is 0 Å². The van der Waals surface area contributed by atoms with Crippen LogP contribution in [-0.4, -0.2) is 23.1 Å². The van der Waals surface area contributed by atoms with Crippen LogP contribution in [0.1, 0.15) is 162 Å². The van der Waals surface area contributed by atoms with Crippen LogP contribution in [-0.2, 0) is 14.3 Å². The molecule has 0 rings (SSSR count). The van der Waals surface area contributed by atoms with Crippen molar-refractivity contribution in [3.8, 4) is 0 Å². The number of ether oxygens (including phenoxy) is 1. The van der Waals surface area contributed by atoms with E-state index in [4.69, 9.17) is 9.84 Å². The number of carbonyl (C=O) groups is 2. The number of allylic oxidation sites excluding steroid dienone is 1. The summed E-state index contributed by atoms with van der Waals surface area (Å²) in [6.45, 7) is 4.47. The third-order valence-electron chi connectivity index (χ3n) is 6.47. The van der Waals surface area contributed by atoms with Crippen molar-refractivity contribution in [3.05, 3.63) is 12.2 Å². The largest absolute Gasteiger partial charge is 0.481 e. The van der Waals surface area contributed by atoms with Gasteiger partial charge in [-0.2, -0.15) is 0 Å². The lowest BCUT2D eigenvalue weighted by Gasteiger charge is -2.15. The van der Waals surface area contributed by atoms with Crippen molar-refractivity contribution in [2.24, 2.45) is 0 Å². The molecule has 0 aliphatic rings. The molecule has 34 heavy (non-hydrogen) atoms. The Balaban J connectivity index is 3.94. The number of carboxylic acid groups (broad SMARTS) is 1. The molecule has 0 heterocycles. The Morgan fingerprint density at radius 2 is 1.12 bits per heavy atom. The quantitative estimate of drug-likeness (QED) is 0.0760. The Kier molecular flexibility index (Phi) is 25.3. The van der Waals surface area contributed by atoms with Crippen LogP contribution in [0.5, 0.6) is 0 Å². The van der Waals surface area contributed by atoms with Gasteiger partial charge in [0, 0.05) is 12.8 Å². The zero-order valence-corrected chi connectivity index (χ0v) is 22.7. The molecule has 0 aromatic rings. The molecule has 0 amide bonds. The normalized spacial score (nSPS) is 12.3. The summed E-state index contributed by atoms with van der Waals surface area (Å²) in [5.41, 5.74) is 0. The van der Waals surface area contributed by atoms with Crippen molar-refractivity contribution in [3.63, 3.8) is 0 Å². The highest BCUT2D eigenvalue weighted by atomic mass is 16.5. The van der Waals surface area contributed by atoms with E-state index < -0.39 is 5.97 Å². The van der Waals surface area contributed by atoms with Crippen molar-refractivity contribution in [2.75, 3.05) is 0 Å². The summed E-state index contributed by atoms with van der Waals surface area (Å²) in [5, 5.41) is 8.74. The minimum atomic E-state index is -0.723. The molecule has 0 aromatic carbocycles. The molecule has 0 radical (unpaired) electrons. The summed E-state index contributed by atoms with van der Waals surface area (Å²) in [6, 6.07) is 0. The standard InChI is InChI=1S/C30H56O4/c1-3-5-7-9-10-11-12-13-14-15-17-23-27-30(33)34-28(24-20-16-8-6-4-2)25-21-18-19-22-26-29(31)32/h20,24,28H,3-19,21-23,25-27H2,1-2H3,(H,31,32)/b24-20-. The summed E-state index contributed by atoms with van der Waals surface area (Å²) in [4.78, 5) is 23.0. The molecule has 0 aromatic heterocycles. The highest BCUT2D eigenvalue weighted by molar-refractivity contribution is 5.69. The Morgan fingerprint density at radius 1 is 0.647 bits per heavy atom. The second-order valence-corrected chi connectivity index (χ2v) is 9.94. The first-order chi connectivity index (χ1) is 16.6. The van der Waals surface area contributed by atoms with E-state index in [2.05, 4.69) is 26.0 Å². The topological polar surface area (TPSA) is 63.6 Å². The van der Waals surface area contributed by atoms with Crippen LogP contribution in [0.3, 0.4) is 0 Å². The molecule has 0 spiro atoms. The smallest absolute Gasteiger partial charge is 0.306 e. The van der Waals surface area contributed by atoms with E-state index in [1.165, 1.54) is 83.5 Å². The summed E-state index contributed by atoms with van der Waals surface area (Å²) >= 11 is 0. The van der Waals surface area contributed by atoms with Gasteiger partial charge in [0.15, 0.2) is 0 Å². The molecule has 0 aliphatic heterocycles. The van der Waals surface area contributed by atoms with Crippen LogP contribution in [0.15, 0.2) is 12.2 Å². The first-order valence-corrected chi connectivity index (χ1v) is 14.7. The number of unbranched alkanes of at least 4 members (excludes halogenated alkanes) is 17. The van der Waals surface area contributed by atoms with Gasteiger partial charge in [-0.25, -0.2) is 0 Å². The van der Waals surface area contributed by atoms with E-state index in [1.807, 2.05) is 0 Å². The van der Waals surface area contributed by atoms with Crippen LogP contribution >= 0.6 is 0 Å². The Labute approximate surface area is 211 Å². The van der Waals surface area contributed by atoms with Crippen molar-refractivity contribution in [2.45, 2.75) is 168 Å². The lowest BCUT2D eigenvalue weighted by molar-refractivity contribution is -0.147. The highest BCUT2D eigenvalue weighted by Gasteiger charge is 2.11. The van der Waals surface area contributed by atoms with Gasteiger partial charge in [0.05, 0.1) is 0 Å². The van der Waals surface area contributed by atoms with Crippen LogP contribution in [0.25, 0.3) is 0 Å². The average Bonchev–Trinajstić information content (AvgIpc) is 2.81. The van der Waals surface area contributed by atoms with Crippen LogP contribution in [0, 0.1) is 0 Å². The zero-order valence-electron chi connectivity index (χ0n) is 22.7. The van der Waals surface area contributed by atoms with E-state index in [0.717, 1.165) is 51.4 Å². The Morgan fingerprint density at radius 3 is 1.68 bits per heavy atom. The molecule has 0 fully saturated rings. The third-order valence-corrected chi connectivity index (χ3v) is 6.47. The SMILES string of the molecule is CCCCC/C=C\C(CCCCCCC(=O)O)OC(=O)CCCCCCCCCCCCCC. The van der Waals surface area contributed by atoms with Gasteiger partial charge in [0.2, 0.25) is 0 Å². The summed E-state index contributed by atoms with van der Waals surface area (Å²) in [7, 11) is 0. The van der Waals surface area contributed by atoms with Gasteiger partial charge in [-0.05, 0) is 44.6 Å². The number of hydrogen-bond donors (Lipinski definition) is 1. The minimum absolute atomic E-state index is 0.0684. The molecule has 4 heteroatoms. The molecule has 1 unspecified atom stereocenters. The lowest BCUT2D eigenvalue weighted by atomic mass is 10.0. The fourth-order valence-electron chi connectivity index (χ4n) is 4.27. The van der Waals surface area contributed by atoms with Crippen molar-refractivity contribution < 1.29 is 19.4 Å². The van der Waals surface area contributed by atoms with Gasteiger partial charge in [-0.15, -0.1) is 0 Å². The number of rotatable bonds is 26. The van der Waals surface area contributed by atoms with Gasteiger partial charge in [0.25, 0.3) is 0 Å². The van der Waals surface area contributed by atoms with Crippen LogP contribution < -0.4 is 0 Å². The zero-order chi connectivity index (χ0) is 25.1. The second-order valence-electron chi connectivity index (χ2n) is 9.94. The van der Waals surface area contributed by atoms with Crippen molar-refractivity contribution in [1.29, 1.82) is 0 Å². The van der Waals surface area contributed by atoms with E-state index in [1.54, 1.807) is 0 Å². The van der Waals surface area contributed by atoms with Crippen molar-refractivity contribution >= 4 is 11.9 Å². The molecule has 0 bridgehead atoms. The number of carbonyl (C=O) groups excluding carboxylic acids is 1. The third kappa shape index (κ3) is 25.3. The molecule has 0 saturated heterocycles. The highest BCUT2D eigenvalue weighted by Crippen LogP contribution is 2.15. The molecule has 0 saturated carbocycles. The molecule has 4 nitrogen and oxygen atoms in total. The summed E-state index contributed by atoms with van der Waals surface area (Å²) in [6.07, 6.45) is 29.5. The lowest BCUT2D eigenvalue weighted by Crippen LogP contribution is -2.16. The first kappa shape index (κ1) is 32.7. The molecular weight excluding hydrogens is 424 g/mol. The van der Waals surface area contributed by atoms with E-state index in [9.17, 15) is 9.59 Å². The number of esters is 1. The Hall–Kier alpha value is -1.32.